The van der Waals surface area contributed by atoms with Crippen molar-refractivity contribution >= 4 is 67.5 Å². The van der Waals surface area contributed by atoms with Crippen molar-refractivity contribution in [2.45, 2.75) is 6.54 Å². The van der Waals surface area contributed by atoms with Crippen LogP contribution in [0, 0.1) is 0 Å². The van der Waals surface area contributed by atoms with E-state index >= 15 is 0 Å². The van der Waals surface area contributed by atoms with Gasteiger partial charge in [0.05, 0.1) is 29.9 Å². The van der Waals surface area contributed by atoms with E-state index in [4.69, 9.17) is 31.3 Å². The molecule has 2 N–H and O–H groups in total. The van der Waals surface area contributed by atoms with Crippen molar-refractivity contribution in [3.63, 3.8) is 0 Å². The first-order chi connectivity index (χ1) is 28.0. The Bertz CT molecular complexity index is 2780. The van der Waals surface area contributed by atoms with E-state index in [1.165, 1.54) is 11.3 Å². The zero-order chi connectivity index (χ0) is 38.7. The molecule has 0 radical (unpaired) electrons. The lowest BCUT2D eigenvalue weighted by Gasteiger charge is -2.26. The number of nitrogens with one attached hydrogen (secondary N) is 2. The zero-order valence-electron chi connectivity index (χ0n) is 30.4. The highest BCUT2D eigenvalue weighted by molar-refractivity contribution is 7.13. The second-order valence-electron chi connectivity index (χ2n) is 13.4. The Morgan fingerprint density at radius 1 is 0.719 bits per heavy atom. The van der Waals surface area contributed by atoms with Crippen LogP contribution in [0.3, 0.4) is 0 Å². The highest BCUT2D eigenvalue weighted by Gasteiger charge is 2.20. The molecule has 0 atom stereocenters. The first-order valence-corrected chi connectivity index (χ1v) is 19.5. The molecule has 1 saturated heterocycles. The topological polar surface area (TPSA) is 135 Å². The summed E-state index contributed by atoms with van der Waals surface area (Å²) in [5, 5.41) is 10.3. The van der Waals surface area contributed by atoms with Crippen LogP contribution in [0.25, 0.3) is 55.2 Å². The number of halogens is 1. The van der Waals surface area contributed by atoms with Crippen LogP contribution in [-0.2, 0) is 11.3 Å². The van der Waals surface area contributed by atoms with Crippen LogP contribution in [0.1, 0.15) is 26.7 Å². The number of aromatic nitrogens is 5. The van der Waals surface area contributed by atoms with Crippen molar-refractivity contribution in [2.24, 2.45) is 0 Å². The van der Waals surface area contributed by atoms with E-state index in [2.05, 4.69) is 25.5 Å². The number of pyridine rings is 4. The summed E-state index contributed by atoms with van der Waals surface area (Å²) in [5.74, 6) is -0.307. The molecule has 1 aliphatic rings. The quantitative estimate of drug-likeness (QED) is 0.147. The fraction of sp³-hybridized carbons (Fsp3) is 0.114. The number of amides is 2. The number of rotatable bonds is 9. The average molecular weight is 789 g/mol. The minimum absolute atomic E-state index is 0.219. The third-order valence-corrected chi connectivity index (χ3v) is 10.8. The van der Waals surface area contributed by atoms with E-state index in [9.17, 15) is 9.59 Å². The van der Waals surface area contributed by atoms with Gasteiger partial charge in [0.1, 0.15) is 17.2 Å². The fourth-order valence-corrected chi connectivity index (χ4v) is 7.81. The Labute approximate surface area is 336 Å². The van der Waals surface area contributed by atoms with Crippen LogP contribution in [0.15, 0.2) is 127 Å². The lowest BCUT2D eigenvalue weighted by molar-refractivity contribution is 0.0337. The summed E-state index contributed by atoms with van der Waals surface area (Å²) in [6, 6.07) is 32.4. The van der Waals surface area contributed by atoms with Gasteiger partial charge in [-0.2, -0.15) is 0 Å². The molecule has 6 heterocycles. The van der Waals surface area contributed by atoms with Gasteiger partial charge in [-0.1, -0.05) is 78.3 Å². The molecule has 0 spiro atoms. The molecule has 0 bridgehead atoms. The van der Waals surface area contributed by atoms with Gasteiger partial charge in [-0.25, -0.2) is 19.9 Å². The number of carbonyl (C=O) groups excluding carboxylic acids is 2. The normalized spacial score (nSPS) is 13.1. The molecule has 5 aromatic heterocycles. The minimum Gasteiger partial charge on any atom is -0.379 e. The number of fused-ring (bicyclic) bond motifs is 2. The van der Waals surface area contributed by atoms with Crippen molar-refractivity contribution < 1.29 is 14.3 Å². The van der Waals surface area contributed by atoms with Crippen molar-refractivity contribution in [3.8, 4) is 33.4 Å². The van der Waals surface area contributed by atoms with Crippen molar-refractivity contribution in [2.75, 3.05) is 36.9 Å². The Kier molecular flexibility index (Phi) is 10.1. The number of ether oxygens (including phenoxy) is 1. The second-order valence-corrected chi connectivity index (χ2v) is 14.7. The highest BCUT2D eigenvalue weighted by atomic mass is 35.5. The number of carbonyl (C=O) groups is 2. The van der Waals surface area contributed by atoms with Gasteiger partial charge in [0.15, 0.2) is 5.13 Å². The lowest BCUT2D eigenvalue weighted by atomic mass is 9.94. The van der Waals surface area contributed by atoms with Crippen molar-refractivity contribution in [1.82, 2.24) is 29.8 Å². The molecular weight excluding hydrogens is 756 g/mol. The minimum atomic E-state index is -0.394. The standard InChI is InChI=1S/C44H33ClN8O3S/c45-36-23-28(12-14-32(36)33-9-1-5-27-13-15-37(49-40(27)33)42(54)52-44-47-17-22-57-44)35-24-38(50-41-31(8-3-10-34(35)41)29-6-4-16-46-25-29)43(55)51-39-11-2-7-30(48-39)26-53-18-20-56-21-19-53/h1-17,22-25H,18-21,26H2,(H,47,52,54)(H,48,51,55). The summed E-state index contributed by atoms with van der Waals surface area (Å²) in [7, 11) is 0. The molecule has 13 heteroatoms. The summed E-state index contributed by atoms with van der Waals surface area (Å²) in [6.45, 7) is 3.71. The molecule has 280 valence electrons. The van der Waals surface area contributed by atoms with Crippen LogP contribution < -0.4 is 10.6 Å². The molecule has 1 fully saturated rings. The maximum absolute atomic E-state index is 14.1. The summed E-state index contributed by atoms with van der Waals surface area (Å²) in [4.78, 5) is 52.4. The van der Waals surface area contributed by atoms with Gasteiger partial charge in [-0.3, -0.25) is 24.8 Å². The largest absolute Gasteiger partial charge is 0.379 e. The molecule has 0 unspecified atom stereocenters. The lowest BCUT2D eigenvalue weighted by Crippen LogP contribution is -2.35. The third-order valence-electron chi connectivity index (χ3n) is 9.76. The van der Waals surface area contributed by atoms with Gasteiger partial charge in [0.2, 0.25) is 0 Å². The number of para-hydroxylation sites is 2. The van der Waals surface area contributed by atoms with Crippen LogP contribution in [-0.4, -0.2) is 67.9 Å². The summed E-state index contributed by atoms with van der Waals surface area (Å²) >= 11 is 8.48. The predicted molar refractivity (Wildman–Crippen MR) is 225 cm³/mol. The van der Waals surface area contributed by atoms with Gasteiger partial charge in [-0.05, 0) is 47.5 Å². The Balaban J connectivity index is 1.09. The Morgan fingerprint density at radius 2 is 1.54 bits per heavy atom. The van der Waals surface area contributed by atoms with Gasteiger partial charge in [0, 0.05) is 81.7 Å². The van der Waals surface area contributed by atoms with E-state index in [1.54, 1.807) is 42.2 Å². The fourth-order valence-electron chi connectivity index (χ4n) is 7.00. The van der Waals surface area contributed by atoms with Gasteiger partial charge >= 0.3 is 0 Å². The average Bonchev–Trinajstić information content (AvgIpc) is 3.76. The summed E-state index contributed by atoms with van der Waals surface area (Å²) < 4.78 is 5.49. The number of benzene rings is 3. The van der Waals surface area contributed by atoms with Crippen LogP contribution in [0.5, 0.6) is 0 Å². The van der Waals surface area contributed by atoms with Gasteiger partial charge in [-0.15, -0.1) is 11.3 Å². The first kappa shape index (κ1) is 36.2. The maximum atomic E-state index is 14.1. The first-order valence-electron chi connectivity index (χ1n) is 18.3. The number of hydrogen-bond donors (Lipinski definition) is 2. The molecule has 9 rings (SSSR count). The number of morpholine rings is 1. The van der Waals surface area contributed by atoms with Crippen molar-refractivity contribution in [3.05, 3.63) is 149 Å². The second kappa shape index (κ2) is 16.0. The molecule has 8 aromatic rings. The molecule has 11 nitrogen and oxygen atoms in total. The van der Waals surface area contributed by atoms with E-state index in [1.807, 2.05) is 84.9 Å². The van der Waals surface area contributed by atoms with Crippen LogP contribution >= 0.6 is 22.9 Å². The SMILES string of the molecule is O=C(Nc1cccc(CN2CCOCC2)n1)c1cc(-c2ccc(-c3cccc4ccc(C(=O)Nc5nccs5)nc34)c(Cl)c2)c2cccc(-c3cccnc3)c2n1. The summed E-state index contributed by atoms with van der Waals surface area (Å²) in [5.41, 5.74) is 7.39. The zero-order valence-corrected chi connectivity index (χ0v) is 31.9. The highest BCUT2D eigenvalue weighted by Crippen LogP contribution is 2.39. The Hall–Kier alpha value is -6.44. The van der Waals surface area contributed by atoms with E-state index in [0.717, 1.165) is 62.9 Å². The monoisotopic (exact) mass is 788 g/mol. The molecule has 57 heavy (non-hydrogen) atoms. The number of hydrogen-bond acceptors (Lipinski definition) is 10. The van der Waals surface area contributed by atoms with Gasteiger partial charge < -0.3 is 10.1 Å². The van der Waals surface area contributed by atoms with Crippen LogP contribution in [0.4, 0.5) is 10.9 Å². The van der Waals surface area contributed by atoms with Crippen molar-refractivity contribution in [1.29, 1.82) is 0 Å². The van der Waals surface area contributed by atoms with E-state index in [0.29, 0.717) is 46.8 Å². The smallest absolute Gasteiger partial charge is 0.276 e. The molecule has 2 amide bonds. The molecular formula is C44H33ClN8O3S. The summed E-state index contributed by atoms with van der Waals surface area (Å²) in [6.07, 6.45) is 5.14. The third kappa shape index (κ3) is 7.71. The predicted octanol–water partition coefficient (Wildman–Crippen LogP) is 9.02. The molecule has 1 aliphatic heterocycles. The van der Waals surface area contributed by atoms with Gasteiger partial charge in [0.25, 0.3) is 11.8 Å². The molecule has 3 aromatic carbocycles. The number of thiazole rings is 1. The van der Waals surface area contributed by atoms with E-state index < -0.39 is 5.91 Å². The number of anilines is 2. The molecule has 0 saturated carbocycles. The van der Waals surface area contributed by atoms with Crippen LogP contribution in [0.2, 0.25) is 5.02 Å². The Morgan fingerprint density at radius 3 is 2.37 bits per heavy atom. The van der Waals surface area contributed by atoms with E-state index in [-0.39, 0.29) is 17.3 Å². The number of nitrogens with zero attached hydrogens (tertiary/aromatic N) is 6. The maximum Gasteiger partial charge on any atom is 0.276 e. The molecule has 0 aliphatic carbocycles.